The van der Waals surface area contributed by atoms with Crippen molar-refractivity contribution in [3.63, 3.8) is 0 Å². The third-order valence-corrected chi connectivity index (χ3v) is 14.2. The zero-order valence-corrected chi connectivity index (χ0v) is 36.6. The van der Waals surface area contributed by atoms with Crippen LogP contribution in [0.25, 0.3) is 115 Å². The van der Waals surface area contributed by atoms with Crippen molar-refractivity contribution in [2.75, 3.05) is 0 Å². The van der Waals surface area contributed by atoms with Gasteiger partial charge in [-0.15, -0.1) is 0 Å². The number of nitrogens with two attached hydrogens (primary N) is 1. The van der Waals surface area contributed by atoms with Gasteiger partial charge in [0, 0.05) is 33.7 Å². The van der Waals surface area contributed by atoms with Crippen LogP contribution in [0.5, 0.6) is 0 Å². The van der Waals surface area contributed by atoms with Crippen molar-refractivity contribution >= 4 is 98.5 Å². The summed E-state index contributed by atoms with van der Waals surface area (Å²) in [6.45, 7) is 0. The largest absolute Gasteiger partial charge is 0.309 e. The van der Waals surface area contributed by atoms with E-state index in [4.69, 9.17) is 4.99 Å². The van der Waals surface area contributed by atoms with Crippen LogP contribution in [0.3, 0.4) is 0 Å². The molecular formula is C64H42N3+. The summed E-state index contributed by atoms with van der Waals surface area (Å²) in [5.74, 6) is 0. The summed E-state index contributed by atoms with van der Waals surface area (Å²) >= 11 is 0. The highest BCUT2D eigenvalue weighted by Gasteiger charge is 2.31. The Bertz CT molecular complexity index is 4050. The molecule has 3 heteroatoms. The Morgan fingerprint density at radius 3 is 1.36 bits per heavy atom. The maximum Gasteiger partial charge on any atom is 0.164 e. The smallest absolute Gasteiger partial charge is 0.164 e. The highest BCUT2D eigenvalue weighted by molar-refractivity contribution is 6.17. The normalized spacial score (nSPS) is 15.0. The van der Waals surface area contributed by atoms with Crippen molar-refractivity contribution in [2.24, 2.45) is 4.99 Å². The number of rotatable bonds is 5. The van der Waals surface area contributed by atoms with E-state index in [1.54, 1.807) is 0 Å². The summed E-state index contributed by atoms with van der Waals surface area (Å²) in [6, 6.07) is 80.1. The highest BCUT2D eigenvalue weighted by Crippen LogP contribution is 2.41. The predicted molar refractivity (Wildman–Crippen MR) is 284 cm³/mol. The molecule has 0 saturated carbocycles. The van der Waals surface area contributed by atoms with Crippen LogP contribution in [0, 0.1) is 0 Å². The second-order valence-corrected chi connectivity index (χ2v) is 18.0. The van der Waals surface area contributed by atoms with E-state index >= 15 is 0 Å². The lowest BCUT2D eigenvalue weighted by atomic mass is 9.90. The minimum atomic E-state index is -0.0292. The number of quaternary nitrogens is 1. The first-order valence-electron chi connectivity index (χ1n) is 23.2. The Kier molecular flexibility index (Phi) is 8.42. The van der Waals surface area contributed by atoms with Gasteiger partial charge in [-0.05, 0) is 131 Å². The van der Waals surface area contributed by atoms with Crippen LogP contribution in [0.2, 0.25) is 0 Å². The van der Waals surface area contributed by atoms with Crippen molar-refractivity contribution in [3.05, 3.63) is 248 Å². The Morgan fingerprint density at radius 1 is 0.358 bits per heavy atom. The van der Waals surface area contributed by atoms with E-state index in [2.05, 4.69) is 247 Å². The van der Waals surface area contributed by atoms with Gasteiger partial charge < -0.3 is 9.88 Å². The summed E-state index contributed by atoms with van der Waals surface area (Å²) in [5.41, 5.74) is 13.9. The zero-order chi connectivity index (χ0) is 44.0. The van der Waals surface area contributed by atoms with E-state index in [-0.39, 0.29) is 6.04 Å². The topological polar surface area (TPSA) is 33.9 Å². The molecule has 3 nitrogen and oxygen atoms in total. The monoisotopic (exact) mass is 852 g/mol. The average Bonchev–Trinajstić information content (AvgIpc) is 3.71. The predicted octanol–water partition coefficient (Wildman–Crippen LogP) is 15.2. The van der Waals surface area contributed by atoms with Crippen molar-refractivity contribution in [1.82, 2.24) is 4.57 Å². The maximum absolute atomic E-state index is 5.60. The molecule has 1 aliphatic heterocycles. The van der Waals surface area contributed by atoms with Crippen molar-refractivity contribution in [2.45, 2.75) is 6.04 Å². The number of para-hydroxylation sites is 1. The van der Waals surface area contributed by atoms with E-state index < -0.39 is 0 Å². The van der Waals surface area contributed by atoms with Crippen LogP contribution >= 0.6 is 0 Å². The minimum absolute atomic E-state index is 0.0292. The lowest BCUT2D eigenvalue weighted by Gasteiger charge is -2.25. The van der Waals surface area contributed by atoms with Crippen molar-refractivity contribution in [3.8, 4) is 22.3 Å². The van der Waals surface area contributed by atoms with Gasteiger partial charge in [0.1, 0.15) is 11.4 Å². The van der Waals surface area contributed by atoms with E-state index in [0.29, 0.717) is 0 Å². The molecule has 0 spiro atoms. The molecule has 14 rings (SSSR count). The van der Waals surface area contributed by atoms with Gasteiger partial charge in [0.2, 0.25) is 0 Å². The first kappa shape index (κ1) is 37.7. The van der Waals surface area contributed by atoms with E-state index in [0.717, 1.165) is 33.9 Å². The Labute approximate surface area is 387 Å². The molecule has 67 heavy (non-hydrogen) atoms. The quantitative estimate of drug-likeness (QED) is 0.167. The molecule has 1 atom stereocenters. The molecule has 0 saturated heterocycles. The first-order chi connectivity index (χ1) is 33.2. The Morgan fingerprint density at radius 2 is 0.806 bits per heavy atom. The van der Waals surface area contributed by atoms with E-state index in [9.17, 15) is 0 Å². The summed E-state index contributed by atoms with van der Waals surface area (Å²) in [5, 5.41) is 17.5. The Hall–Kier alpha value is -8.63. The molecule has 1 aromatic heterocycles. The van der Waals surface area contributed by atoms with Crippen molar-refractivity contribution < 1.29 is 5.32 Å². The molecule has 0 radical (unpaired) electrons. The van der Waals surface area contributed by atoms with Crippen LogP contribution in [-0.4, -0.2) is 16.3 Å². The molecule has 1 unspecified atom stereocenters. The standard InChI is InChI=1S/C64H41N3/c1-2-14-45-38-60-56(37-44(45)13-1)55-23-11-12-24-59(55)67(60)50-33-34-57-58(39-50)66-64(43-31-27-41(28-32-43)62-53-21-9-5-17-48(53)36-49-18-6-10-22-54(49)62)63(65-57)42-29-25-40(26-30-42)61-51-19-7-3-15-46(51)35-47-16-4-8-20-52(47)61/h1-39,58,66H/p+1. The van der Waals surface area contributed by atoms with Gasteiger partial charge in [0.25, 0.3) is 0 Å². The second-order valence-electron chi connectivity index (χ2n) is 18.0. The van der Waals surface area contributed by atoms with Crippen LogP contribution in [-0.2, 0) is 0 Å². The van der Waals surface area contributed by atoms with Gasteiger partial charge in [-0.2, -0.15) is 0 Å². The van der Waals surface area contributed by atoms with Crippen LogP contribution < -0.4 is 5.32 Å². The number of hydrogen-bond acceptors (Lipinski definition) is 1. The number of nitrogens with zero attached hydrogens (tertiary/aromatic N) is 2. The molecule has 0 bridgehead atoms. The fourth-order valence-corrected chi connectivity index (χ4v) is 11.1. The second kappa shape index (κ2) is 15.0. The Balaban J connectivity index is 0.920. The third-order valence-electron chi connectivity index (χ3n) is 14.2. The minimum Gasteiger partial charge on any atom is -0.309 e. The molecule has 0 fully saturated rings. The van der Waals surface area contributed by atoms with E-state index in [1.807, 2.05) is 0 Å². The maximum atomic E-state index is 5.60. The van der Waals surface area contributed by atoms with Crippen molar-refractivity contribution in [1.29, 1.82) is 0 Å². The molecule has 0 amide bonds. The van der Waals surface area contributed by atoms with Crippen LogP contribution in [0.1, 0.15) is 11.1 Å². The van der Waals surface area contributed by atoms with Gasteiger partial charge in [0.15, 0.2) is 11.7 Å². The first-order valence-corrected chi connectivity index (χ1v) is 23.2. The SMILES string of the molecule is C1=CC2=NC(c3ccc(-c4c5ccccc5cc5ccccc45)cc3)=C(c3ccc(-c4c5ccccc5cc5ccccc45)cc3)[NH2+]C2C=C1n1c2ccccc2c2cc3ccccc3cc21. The molecule has 2 heterocycles. The number of hydrogen-bond donors (Lipinski definition) is 1. The highest BCUT2D eigenvalue weighted by atomic mass is 15.0. The van der Waals surface area contributed by atoms with Gasteiger partial charge in [-0.1, -0.05) is 176 Å². The fourth-order valence-electron chi connectivity index (χ4n) is 11.1. The summed E-state index contributed by atoms with van der Waals surface area (Å²) in [6.07, 6.45) is 6.90. The third kappa shape index (κ3) is 6.06. The van der Waals surface area contributed by atoms with Gasteiger partial charge in [-0.25, -0.2) is 4.99 Å². The number of aliphatic imine (C=N–C) groups is 1. The molecule has 2 aliphatic rings. The van der Waals surface area contributed by atoms with Gasteiger partial charge in [-0.3, -0.25) is 0 Å². The summed E-state index contributed by atoms with van der Waals surface area (Å²) in [4.78, 5) is 5.60. The molecule has 11 aromatic carbocycles. The number of fused-ring (bicyclic) bond motifs is 9. The number of benzene rings is 11. The van der Waals surface area contributed by atoms with Crippen LogP contribution in [0.4, 0.5) is 0 Å². The summed E-state index contributed by atoms with van der Waals surface area (Å²) < 4.78 is 2.44. The number of aromatic nitrogens is 1. The fraction of sp³-hybridized carbons (Fsp3) is 0.0156. The van der Waals surface area contributed by atoms with Gasteiger partial charge in [0.05, 0.1) is 11.0 Å². The molecule has 2 N–H and O–H groups in total. The van der Waals surface area contributed by atoms with E-state index in [1.165, 1.54) is 97.9 Å². The molecule has 1 aliphatic carbocycles. The lowest BCUT2D eigenvalue weighted by Crippen LogP contribution is -2.89. The summed E-state index contributed by atoms with van der Waals surface area (Å²) in [7, 11) is 0. The zero-order valence-electron chi connectivity index (χ0n) is 36.6. The average molecular weight is 853 g/mol. The van der Waals surface area contributed by atoms with Crippen LogP contribution in [0.15, 0.2) is 242 Å². The van der Waals surface area contributed by atoms with Gasteiger partial charge >= 0.3 is 0 Å². The molecular weight excluding hydrogens is 811 g/mol. The number of allylic oxidation sites excluding steroid dienone is 2. The lowest BCUT2D eigenvalue weighted by molar-refractivity contribution is -0.573. The molecule has 12 aromatic rings. The molecule has 312 valence electrons.